The first kappa shape index (κ1) is 14.1. The largest absolute Gasteiger partial charge is 0.332 e. The van der Waals surface area contributed by atoms with Crippen molar-refractivity contribution < 1.29 is 4.79 Å². The summed E-state index contributed by atoms with van der Waals surface area (Å²) in [6, 6.07) is 1.96. The van der Waals surface area contributed by atoms with Gasteiger partial charge in [0, 0.05) is 18.6 Å². The van der Waals surface area contributed by atoms with Crippen molar-refractivity contribution in [2.75, 3.05) is 6.54 Å². The summed E-state index contributed by atoms with van der Waals surface area (Å²) < 4.78 is 0.996. The quantitative estimate of drug-likeness (QED) is 0.910. The molecule has 0 aliphatic carbocycles. The first-order valence-corrected chi connectivity index (χ1v) is 7.59. The second-order valence-corrected chi connectivity index (χ2v) is 6.91. The third kappa shape index (κ3) is 2.67. The van der Waals surface area contributed by atoms with Crippen molar-refractivity contribution in [2.24, 2.45) is 5.73 Å². The van der Waals surface area contributed by atoms with Crippen LogP contribution in [0.1, 0.15) is 36.5 Å². The van der Waals surface area contributed by atoms with Gasteiger partial charge in [-0.1, -0.05) is 23.2 Å². The first-order chi connectivity index (χ1) is 8.54. The highest BCUT2D eigenvalue weighted by Gasteiger charge is 2.32. The topological polar surface area (TPSA) is 46.3 Å². The maximum absolute atomic E-state index is 12.5. The third-order valence-electron chi connectivity index (χ3n) is 3.42. The van der Waals surface area contributed by atoms with E-state index in [1.54, 1.807) is 6.07 Å². The molecule has 1 aliphatic rings. The van der Waals surface area contributed by atoms with Gasteiger partial charge in [-0.05, 0) is 32.3 Å². The van der Waals surface area contributed by atoms with Crippen molar-refractivity contribution in [1.82, 2.24) is 4.90 Å². The molecule has 1 saturated heterocycles. The van der Waals surface area contributed by atoms with Crippen LogP contribution in [0.2, 0.25) is 8.67 Å². The Bertz CT molecular complexity index is 449. The van der Waals surface area contributed by atoms with Crippen LogP contribution >= 0.6 is 34.5 Å². The number of carbonyl (C=O) groups excluding carboxylic acids is 1. The molecule has 2 N–H and O–H groups in total. The Balaban J connectivity index is 2.28. The summed E-state index contributed by atoms with van der Waals surface area (Å²) in [5, 5.41) is 0. The Morgan fingerprint density at radius 2 is 2.28 bits per heavy atom. The number of thiophene rings is 1. The highest BCUT2D eigenvalue weighted by atomic mass is 35.5. The van der Waals surface area contributed by atoms with Gasteiger partial charge < -0.3 is 10.6 Å². The zero-order valence-electron chi connectivity index (χ0n) is 10.2. The molecule has 1 aliphatic heterocycles. The number of halogens is 2. The molecule has 1 fully saturated rings. The van der Waals surface area contributed by atoms with E-state index in [9.17, 15) is 4.79 Å². The lowest BCUT2D eigenvalue weighted by atomic mass is 9.95. The summed E-state index contributed by atoms with van der Waals surface area (Å²) in [5.74, 6) is -0.0502. The fourth-order valence-electron chi connectivity index (χ4n) is 2.51. The van der Waals surface area contributed by atoms with E-state index in [1.807, 2.05) is 4.90 Å². The average Bonchev–Trinajstić information content (AvgIpc) is 2.67. The molecule has 1 aromatic rings. The van der Waals surface area contributed by atoms with Crippen LogP contribution in [0, 0.1) is 0 Å². The Kier molecular flexibility index (Phi) is 4.54. The molecule has 2 heterocycles. The maximum Gasteiger partial charge on any atom is 0.256 e. The lowest BCUT2D eigenvalue weighted by molar-refractivity contribution is 0.0495. The van der Waals surface area contributed by atoms with E-state index in [1.165, 1.54) is 11.3 Å². The summed E-state index contributed by atoms with van der Waals surface area (Å²) in [6.07, 6.45) is 3.09. The van der Waals surface area contributed by atoms with Crippen LogP contribution in [0.4, 0.5) is 0 Å². The number of carbonyl (C=O) groups is 1. The van der Waals surface area contributed by atoms with Crippen LogP contribution in [0.15, 0.2) is 6.07 Å². The summed E-state index contributed by atoms with van der Waals surface area (Å²) in [5.41, 5.74) is 6.26. The minimum Gasteiger partial charge on any atom is -0.332 e. The van der Waals surface area contributed by atoms with Gasteiger partial charge >= 0.3 is 0 Å². The molecular formula is C12H16Cl2N2OS. The molecule has 100 valence electrons. The van der Waals surface area contributed by atoms with E-state index in [0.717, 1.165) is 19.3 Å². The highest BCUT2D eigenvalue weighted by molar-refractivity contribution is 7.20. The van der Waals surface area contributed by atoms with Crippen LogP contribution in [-0.4, -0.2) is 29.4 Å². The fourth-order valence-corrected chi connectivity index (χ4v) is 3.96. The summed E-state index contributed by atoms with van der Waals surface area (Å²) in [6.45, 7) is 2.55. The van der Waals surface area contributed by atoms with Crippen molar-refractivity contribution >= 4 is 40.4 Å². The van der Waals surface area contributed by atoms with Gasteiger partial charge in [0.25, 0.3) is 5.91 Å². The van der Waals surface area contributed by atoms with Gasteiger partial charge in [0.15, 0.2) is 0 Å². The van der Waals surface area contributed by atoms with Crippen molar-refractivity contribution in [3.63, 3.8) is 0 Å². The van der Waals surface area contributed by atoms with Crippen LogP contribution in [-0.2, 0) is 0 Å². The second kappa shape index (κ2) is 5.78. The zero-order valence-corrected chi connectivity index (χ0v) is 12.5. The number of amides is 1. The zero-order chi connectivity index (χ0) is 13.3. The van der Waals surface area contributed by atoms with Crippen LogP contribution in [0.5, 0.6) is 0 Å². The van der Waals surface area contributed by atoms with Gasteiger partial charge in [0.1, 0.15) is 4.34 Å². The minimum atomic E-state index is -0.0502. The Labute approximate surface area is 121 Å². The third-order valence-corrected chi connectivity index (χ3v) is 4.91. The molecule has 0 saturated carbocycles. The predicted molar refractivity (Wildman–Crippen MR) is 76.7 cm³/mol. The Morgan fingerprint density at radius 3 is 2.83 bits per heavy atom. The van der Waals surface area contributed by atoms with Crippen molar-refractivity contribution in [3.8, 4) is 0 Å². The van der Waals surface area contributed by atoms with Gasteiger partial charge in [0.05, 0.1) is 9.90 Å². The number of nitrogens with zero attached hydrogens (tertiary/aromatic N) is 1. The molecule has 0 spiro atoms. The van der Waals surface area contributed by atoms with Gasteiger partial charge in [-0.25, -0.2) is 0 Å². The van der Waals surface area contributed by atoms with Gasteiger partial charge in [-0.2, -0.15) is 0 Å². The van der Waals surface area contributed by atoms with E-state index in [2.05, 4.69) is 6.92 Å². The second-order valence-electron chi connectivity index (χ2n) is 4.62. The van der Waals surface area contributed by atoms with Crippen molar-refractivity contribution in [3.05, 3.63) is 20.3 Å². The molecule has 0 bridgehead atoms. The number of piperidine rings is 1. The van der Waals surface area contributed by atoms with Gasteiger partial charge in [-0.3, -0.25) is 4.79 Å². The number of hydrogen-bond acceptors (Lipinski definition) is 3. The van der Waals surface area contributed by atoms with E-state index in [4.69, 9.17) is 28.9 Å². The molecule has 0 radical (unpaired) electrons. The highest BCUT2D eigenvalue weighted by Crippen LogP contribution is 2.34. The fraction of sp³-hybridized carbons (Fsp3) is 0.583. The number of hydrogen-bond donors (Lipinski definition) is 1. The van der Waals surface area contributed by atoms with Crippen LogP contribution in [0.25, 0.3) is 0 Å². The van der Waals surface area contributed by atoms with E-state index >= 15 is 0 Å². The molecule has 3 nitrogen and oxygen atoms in total. The standard InChI is InChI=1S/C12H16Cl2N2OS/c1-7-3-2-4-8(6-15)16(7)12(17)9-5-10(13)18-11(9)14/h5,7-8H,2-4,6,15H2,1H3. The van der Waals surface area contributed by atoms with Crippen LogP contribution in [0.3, 0.4) is 0 Å². The van der Waals surface area contributed by atoms with E-state index < -0.39 is 0 Å². The molecular weight excluding hydrogens is 291 g/mol. The Morgan fingerprint density at radius 1 is 1.56 bits per heavy atom. The average molecular weight is 307 g/mol. The SMILES string of the molecule is CC1CCCC(CN)N1C(=O)c1cc(Cl)sc1Cl. The smallest absolute Gasteiger partial charge is 0.256 e. The summed E-state index contributed by atoms with van der Waals surface area (Å²) in [4.78, 5) is 14.4. The maximum atomic E-state index is 12.5. The van der Waals surface area contributed by atoms with Gasteiger partial charge in [-0.15, -0.1) is 11.3 Å². The number of nitrogens with two attached hydrogens (primary N) is 1. The monoisotopic (exact) mass is 306 g/mol. The molecule has 2 unspecified atom stereocenters. The number of likely N-dealkylation sites (tertiary alicyclic amines) is 1. The molecule has 2 atom stereocenters. The first-order valence-electron chi connectivity index (χ1n) is 6.02. The summed E-state index contributed by atoms with van der Waals surface area (Å²) in [7, 11) is 0. The molecule has 18 heavy (non-hydrogen) atoms. The van der Waals surface area contributed by atoms with Crippen molar-refractivity contribution in [1.29, 1.82) is 0 Å². The van der Waals surface area contributed by atoms with Gasteiger partial charge in [0.2, 0.25) is 0 Å². The summed E-state index contributed by atoms with van der Waals surface area (Å²) >= 11 is 13.2. The lowest BCUT2D eigenvalue weighted by Gasteiger charge is -2.40. The molecule has 6 heteroatoms. The molecule has 1 amide bonds. The van der Waals surface area contributed by atoms with Crippen LogP contribution < -0.4 is 5.73 Å². The van der Waals surface area contributed by atoms with E-state index in [-0.39, 0.29) is 18.0 Å². The van der Waals surface area contributed by atoms with Crippen molar-refractivity contribution in [2.45, 2.75) is 38.3 Å². The normalized spacial score (nSPS) is 24.3. The minimum absolute atomic E-state index is 0.0502. The molecule has 1 aromatic heterocycles. The Hall–Kier alpha value is -0.290. The predicted octanol–water partition coefficient (Wildman–Crippen LogP) is 3.40. The molecule has 0 aromatic carbocycles. The lowest BCUT2D eigenvalue weighted by Crippen LogP contribution is -2.51. The molecule has 2 rings (SSSR count). The van der Waals surface area contributed by atoms with E-state index in [0.29, 0.717) is 20.8 Å². The number of rotatable bonds is 2.